The van der Waals surface area contributed by atoms with Crippen molar-refractivity contribution in [1.82, 2.24) is 0 Å². The predicted molar refractivity (Wildman–Crippen MR) is 167 cm³/mol. The van der Waals surface area contributed by atoms with E-state index in [2.05, 4.69) is 163 Å². The van der Waals surface area contributed by atoms with Gasteiger partial charge in [0.05, 0.1) is 5.41 Å². The molecule has 0 heterocycles. The van der Waals surface area contributed by atoms with Crippen molar-refractivity contribution in [3.63, 3.8) is 0 Å². The van der Waals surface area contributed by atoms with E-state index >= 15 is 0 Å². The Kier molecular flexibility index (Phi) is 6.07. The second kappa shape index (κ2) is 9.23. The summed E-state index contributed by atoms with van der Waals surface area (Å²) in [5.74, 6) is 0.414. The van der Waals surface area contributed by atoms with Crippen molar-refractivity contribution in [3.05, 3.63) is 154 Å². The van der Waals surface area contributed by atoms with E-state index in [1.807, 2.05) is 0 Å². The van der Waals surface area contributed by atoms with Gasteiger partial charge in [-0.05, 0) is 54.7 Å². The van der Waals surface area contributed by atoms with Crippen LogP contribution in [0.4, 0.5) is 0 Å². The lowest BCUT2D eigenvalue weighted by molar-refractivity contribution is 0.509. The summed E-state index contributed by atoms with van der Waals surface area (Å²) in [6, 6.07) is 29.8. The molecule has 0 saturated heterocycles. The van der Waals surface area contributed by atoms with Crippen LogP contribution in [0.5, 0.6) is 0 Å². The topological polar surface area (TPSA) is 0 Å². The Morgan fingerprint density at radius 3 is 1.69 bits per heavy atom. The molecule has 0 fully saturated rings. The molecule has 3 aromatic rings. The van der Waals surface area contributed by atoms with Gasteiger partial charge in [-0.15, -0.1) is 0 Å². The third kappa shape index (κ3) is 4.13. The number of hydrogen-bond donors (Lipinski definition) is 0. The summed E-state index contributed by atoms with van der Waals surface area (Å²) in [6.07, 6.45) is 16.6. The molecule has 0 saturated carbocycles. The minimum Gasteiger partial charge on any atom is -0.0761 e. The van der Waals surface area contributed by atoms with Gasteiger partial charge in [-0.1, -0.05) is 163 Å². The fourth-order valence-electron chi connectivity index (χ4n) is 6.88. The molecule has 39 heavy (non-hydrogen) atoms. The van der Waals surface area contributed by atoms with Crippen LogP contribution in [-0.4, -0.2) is 0 Å². The average Bonchev–Trinajstić information content (AvgIpc) is 3.57. The minimum atomic E-state index is -0.353. The maximum absolute atomic E-state index is 2.57. The largest absolute Gasteiger partial charge is 0.0761 e. The van der Waals surface area contributed by atoms with E-state index in [9.17, 15) is 0 Å². The monoisotopic (exact) mass is 508 g/mol. The molecular weight excluding hydrogens is 468 g/mol. The maximum Gasteiger partial charge on any atom is 0.0526 e. The van der Waals surface area contributed by atoms with Gasteiger partial charge in [-0.3, -0.25) is 0 Å². The van der Waals surface area contributed by atoms with Crippen molar-refractivity contribution in [3.8, 4) is 0 Å². The van der Waals surface area contributed by atoms with E-state index in [1.165, 1.54) is 43.8 Å². The van der Waals surface area contributed by atoms with Gasteiger partial charge >= 0.3 is 0 Å². The van der Waals surface area contributed by atoms with Crippen LogP contribution < -0.4 is 10.4 Å². The molecule has 0 bridgehead atoms. The summed E-state index contributed by atoms with van der Waals surface area (Å²) >= 11 is 0. The lowest BCUT2D eigenvalue weighted by atomic mass is 9.58. The lowest BCUT2D eigenvalue weighted by Gasteiger charge is -2.44. The first-order chi connectivity index (χ1) is 18.6. The van der Waals surface area contributed by atoms with Gasteiger partial charge in [0.25, 0.3) is 0 Å². The molecule has 1 atom stereocenters. The Bertz CT molecular complexity index is 1590. The van der Waals surface area contributed by atoms with Crippen molar-refractivity contribution in [2.24, 2.45) is 17.3 Å². The maximum atomic E-state index is 2.57. The van der Waals surface area contributed by atoms with E-state index in [1.54, 1.807) is 0 Å². The number of fused-ring (bicyclic) bond motifs is 2. The summed E-state index contributed by atoms with van der Waals surface area (Å²) < 4.78 is 0. The molecule has 3 aliphatic rings. The molecule has 1 unspecified atom stereocenters. The highest BCUT2D eigenvalue weighted by molar-refractivity contribution is 5.88. The van der Waals surface area contributed by atoms with Crippen molar-refractivity contribution in [2.75, 3.05) is 0 Å². The summed E-state index contributed by atoms with van der Waals surface area (Å²) in [6.45, 7) is 14.0. The molecule has 0 nitrogen and oxygen atoms in total. The molecular formula is C39H40. The third-order valence-electron chi connectivity index (χ3n) is 8.92. The zero-order valence-corrected chi connectivity index (χ0v) is 24.2. The van der Waals surface area contributed by atoms with Gasteiger partial charge in [-0.2, -0.15) is 0 Å². The number of benzene rings is 3. The normalized spacial score (nSPS) is 18.9. The summed E-state index contributed by atoms with van der Waals surface area (Å²) in [4.78, 5) is 0. The van der Waals surface area contributed by atoms with E-state index in [0.717, 1.165) is 0 Å². The Morgan fingerprint density at radius 2 is 1.15 bits per heavy atom. The molecule has 0 aliphatic heterocycles. The van der Waals surface area contributed by atoms with Gasteiger partial charge < -0.3 is 0 Å². The van der Waals surface area contributed by atoms with Crippen LogP contribution in [0.1, 0.15) is 58.2 Å². The van der Waals surface area contributed by atoms with Gasteiger partial charge in [-0.25, -0.2) is 0 Å². The first kappa shape index (κ1) is 25.6. The van der Waals surface area contributed by atoms with Crippen LogP contribution in [0, 0.1) is 17.3 Å². The quantitative estimate of drug-likeness (QED) is 0.333. The molecule has 3 aromatic carbocycles. The number of allylic oxidation sites excluding steroid dienone is 8. The van der Waals surface area contributed by atoms with Crippen LogP contribution in [0.25, 0.3) is 11.1 Å². The highest BCUT2D eigenvalue weighted by Gasteiger charge is 2.48. The zero-order chi connectivity index (χ0) is 27.4. The molecule has 3 aliphatic carbocycles. The molecule has 0 heteroatoms. The zero-order valence-electron chi connectivity index (χ0n) is 24.2. The number of hydrogen-bond acceptors (Lipinski definition) is 0. The first-order valence-corrected chi connectivity index (χ1v) is 14.4. The van der Waals surface area contributed by atoms with Crippen LogP contribution in [0.15, 0.2) is 127 Å². The second-order valence-corrected chi connectivity index (χ2v) is 13.4. The Labute approximate surface area is 234 Å². The van der Waals surface area contributed by atoms with E-state index in [4.69, 9.17) is 0 Å². The summed E-state index contributed by atoms with van der Waals surface area (Å²) in [5, 5.41) is 2.78. The highest BCUT2D eigenvalue weighted by atomic mass is 14.5. The average molecular weight is 509 g/mol. The Balaban J connectivity index is 1.82. The molecule has 0 radical (unpaired) electrons. The summed E-state index contributed by atoms with van der Waals surface area (Å²) in [7, 11) is 0. The first-order valence-electron chi connectivity index (χ1n) is 14.4. The predicted octanol–water partition coefficient (Wildman–Crippen LogP) is 8.19. The minimum absolute atomic E-state index is 0.0656. The van der Waals surface area contributed by atoms with E-state index in [0.29, 0.717) is 0 Å². The second-order valence-electron chi connectivity index (χ2n) is 13.4. The molecule has 196 valence electrons. The van der Waals surface area contributed by atoms with Gasteiger partial charge in [0.2, 0.25) is 0 Å². The fourth-order valence-corrected chi connectivity index (χ4v) is 6.88. The summed E-state index contributed by atoms with van der Waals surface area (Å²) in [5.41, 5.74) is 8.21. The van der Waals surface area contributed by atoms with Crippen molar-refractivity contribution >= 4 is 11.1 Å². The van der Waals surface area contributed by atoms with Gasteiger partial charge in [0.1, 0.15) is 0 Å². The highest BCUT2D eigenvalue weighted by Crippen LogP contribution is 2.54. The van der Waals surface area contributed by atoms with Crippen LogP contribution in [0.3, 0.4) is 0 Å². The standard InChI is InChI=1S/C39H40/c1-37(2,3)30-21-23-32-33-24-22-31(38(4,5)6)26-35(33)36(34(32)25-30)39(29-19-13-14-20-29,27-15-9-7-10-16-27)28-17-11-8-12-18-28/h7-26,29,34H,1-6H3. The SMILES string of the molecule is CC(C)(C)C1=CC2C(=c3ccc(C(C)(C)C)cc3=C2C(c2ccccc2)(c2ccccc2)C2C=CC=C2)C=C1. The van der Waals surface area contributed by atoms with Gasteiger partial charge in [0, 0.05) is 11.8 Å². The molecule has 6 rings (SSSR count). The van der Waals surface area contributed by atoms with Crippen molar-refractivity contribution < 1.29 is 0 Å². The van der Waals surface area contributed by atoms with Gasteiger partial charge in [0.15, 0.2) is 0 Å². The van der Waals surface area contributed by atoms with Crippen LogP contribution >= 0.6 is 0 Å². The Hall–Kier alpha value is -3.64. The third-order valence-corrected chi connectivity index (χ3v) is 8.92. The van der Waals surface area contributed by atoms with E-state index in [-0.39, 0.29) is 28.1 Å². The lowest BCUT2D eigenvalue weighted by Crippen LogP contribution is -2.41. The van der Waals surface area contributed by atoms with Crippen LogP contribution in [-0.2, 0) is 10.8 Å². The van der Waals surface area contributed by atoms with Crippen LogP contribution in [0.2, 0.25) is 0 Å². The molecule has 0 N–H and O–H groups in total. The molecule has 0 spiro atoms. The van der Waals surface area contributed by atoms with Crippen molar-refractivity contribution in [2.45, 2.75) is 52.4 Å². The fraction of sp³-hybridized carbons (Fsp3) is 0.282. The smallest absolute Gasteiger partial charge is 0.0526 e. The molecule has 0 aromatic heterocycles. The van der Waals surface area contributed by atoms with E-state index < -0.39 is 0 Å². The Morgan fingerprint density at radius 1 is 0.564 bits per heavy atom. The molecule has 0 amide bonds. The number of rotatable bonds is 4. The van der Waals surface area contributed by atoms with Crippen molar-refractivity contribution in [1.29, 1.82) is 0 Å².